The Morgan fingerprint density at radius 3 is 2.27 bits per heavy atom. The van der Waals surface area contributed by atoms with Gasteiger partial charge >= 0.3 is 6.36 Å². The van der Waals surface area contributed by atoms with Gasteiger partial charge in [0.15, 0.2) is 0 Å². The highest BCUT2D eigenvalue weighted by Crippen LogP contribution is 2.37. The average molecular weight is 681 g/mol. The number of nitrogens with one attached hydrogen (secondary N) is 2. The van der Waals surface area contributed by atoms with Crippen LogP contribution >= 0.6 is 0 Å². The first kappa shape index (κ1) is 34.5. The second-order valence-electron chi connectivity index (χ2n) is 13.6. The van der Waals surface area contributed by atoms with Gasteiger partial charge in [0.25, 0.3) is 5.56 Å². The van der Waals surface area contributed by atoms with Crippen LogP contribution in [0.1, 0.15) is 55.2 Å². The molecule has 2 amide bonds. The van der Waals surface area contributed by atoms with Crippen molar-refractivity contribution in [1.29, 1.82) is 0 Å². The van der Waals surface area contributed by atoms with E-state index in [9.17, 15) is 27.6 Å². The van der Waals surface area contributed by atoms with Gasteiger partial charge in [0.05, 0.1) is 11.9 Å². The minimum absolute atomic E-state index is 0.135. The Hall–Kier alpha value is -4.39. The van der Waals surface area contributed by atoms with Gasteiger partial charge in [-0.25, -0.2) is 4.98 Å². The Kier molecular flexibility index (Phi) is 10.0. The van der Waals surface area contributed by atoms with E-state index in [0.717, 1.165) is 63.1 Å². The fourth-order valence-electron chi connectivity index (χ4n) is 7.46. The number of carbonyl (C=O) groups is 2. The normalized spacial score (nSPS) is 20.0. The molecule has 0 aliphatic carbocycles. The number of alkyl halides is 3. The monoisotopic (exact) mass is 680 g/mol. The number of aromatic nitrogens is 2. The van der Waals surface area contributed by atoms with Crippen LogP contribution in [0.2, 0.25) is 0 Å². The predicted molar refractivity (Wildman–Crippen MR) is 180 cm³/mol. The van der Waals surface area contributed by atoms with Crippen molar-refractivity contribution in [2.75, 3.05) is 36.4 Å². The van der Waals surface area contributed by atoms with Crippen molar-refractivity contribution < 1.29 is 27.5 Å². The van der Waals surface area contributed by atoms with Gasteiger partial charge in [-0.1, -0.05) is 12.1 Å². The van der Waals surface area contributed by atoms with Crippen LogP contribution in [0, 0.1) is 25.7 Å². The number of benzene rings is 1. The number of ether oxygens (including phenoxy) is 1. The van der Waals surface area contributed by atoms with Crippen molar-refractivity contribution >= 4 is 23.3 Å². The van der Waals surface area contributed by atoms with E-state index in [2.05, 4.69) is 30.2 Å². The lowest BCUT2D eigenvalue weighted by atomic mass is 9.78. The minimum Gasteiger partial charge on any atom is -0.405 e. The lowest BCUT2D eigenvalue weighted by Gasteiger charge is -2.41. The van der Waals surface area contributed by atoms with Crippen molar-refractivity contribution in [3.63, 3.8) is 0 Å². The van der Waals surface area contributed by atoms with Crippen LogP contribution in [0.5, 0.6) is 5.75 Å². The Balaban J connectivity index is 1.02. The van der Waals surface area contributed by atoms with Crippen LogP contribution in [0.4, 0.5) is 24.7 Å². The molecule has 0 bridgehead atoms. The topological polar surface area (TPSA) is 109 Å². The van der Waals surface area contributed by atoms with E-state index in [-0.39, 0.29) is 23.1 Å². The molecule has 13 heteroatoms. The Bertz CT molecular complexity index is 1740. The van der Waals surface area contributed by atoms with Crippen molar-refractivity contribution in [2.24, 2.45) is 18.9 Å². The summed E-state index contributed by atoms with van der Waals surface area (Å²) in [6.07, 6.45) is 3.53. The summed E-state index contributed by atoms with van der Waals surface area (Å²) in [4.78, 5) is 44.8. The van der Waals surface area contributed by atoms with Crippen LogP contribution < -0.4 is 25.8 Å². The van der Waals surface area contributed by atoms with Crippen molar-refractivity contribution in [2.45, 2.75) is 71.3 Å². The van der Waals surface area contributed by atoms with Gasteiger partial charge in [-0.2, -0.15) is 0 Å². The van der Waals surface area contributed by atoms with Gasteiger partial charge in [-0.15, -0.1) is 13.2 Å². The summed E-state index contributed by atoms with van der Waals surface area (Å²) in [7, 11) is 1.63. The first-order chi connectivity index (χ1) is 23.3. The molecule has 3 fully saturated rings. The van der Waals surface area contributed by atoms with Gasteiger partial charge in [-0.3, -0.25) is 24.6 Å². The van der Waals surface area contributed by atoms with Crippen LogP contribution in [0.25, 0.3) is 11.1 Å². The maximum Gasteiger partial charge on any atom is 0.573 e. The molecule has 0 saturated carbocycles. The third kappa shape index (κ3) is 8.09. The molecule has 3 aliphatic heterocycles. The number of aryl methyl sites for hydroxylation is 1. The quantitative estimate of drug-likeness (QED) is 0.309. The highest BCUT2D eigenvalue weighted by Gasteiger charge is 2.34. The number of carbonyl (C=O) groups excluding carboxylic acids is 2. The second-order valence-corrected chi connectivity index (χ2v) is 13.6. The summed E-state index contributed by atoms with van der Waals surface area (Å²) in [6, 6.07) is 8.36. The third-order valence-electron chi connectivity index (χ3n) is 10.4. The smallest absolute Gasteiger partial charge is 0.405 e. The summed E-state index contributed by atoms with van der Waals surface area (Å²) >= 11 is 0. The molecule has 5 heterocycles. The van der Waals surface area contributed by atoms with Crippen LogP contribution in [-0.2, 0) is 23.2 Å². The number of hydrogen-bond acceptors (Lipinski definition) is 8. The first-order valence-electron chi connectivity index (χ1n) is 16.9. The van der Waals surface area contributed by atoms with Crippen molar-refractivity contribution in [3.05, 3.63) is 69.8 Å². The zero-order valence-electron chi connectivity index (χ0n) is 28.1. The highest BCUT2D eigenvalue weighted by molar-refractivity contribution is 6.01. The zero-order chi connectivity index (χ0) is 34.9. The number of hydrogen-bond donors (Lipinski definition) is 2. The summed E-state index contributed by atoms with van der Waals surface area (Å²) < 4.78 is 46.5. The maximum atomic E-state index is 13.5. The Morgan fingerprint density at radius 2 is 1.63 bits per heavy atom. The van der Waals surface area contributed by atoms with Crippen LogP contribution in [-0.4, -0.2) is 64.8 Å². The number of pyridine rings is 2. The summed E-state index contributed by atoms with van der Waals surface area (Å²) in [5.74, 6) is 0.981. The van der Waals surface area contributed by atoms with Gasteiger partial charge < -0.3 is 19.5 Å². The molecule has 49 heavy (non-hydrogen) atoms. The van der Waals surface area contributed by atoms with Crippen molar-refractivity contribution in [3.8, 4) is 16.9 Å². The number of imide groups is 1. The third-order valence-corrected chi connectivity index (χ3v) is 10.4. The molecular weight excluding hydrogens is 637 g/mol. The highest BCUT2D eigenvalue weighted by atomic mass is 19.4. The van der Waals surface area contributed by atoms with Crippen LogP contribution in [0.15, 0.2) is 47.5 Å². The van der Waals surface area contributed by atoms with Gasteiger partial charge in [0, 0.05) is 56.0 Å². The Labute approximate surface area is 283 Å². The van der Waals surface area contributed by atoms with Gasteiger partial charge in [0.2, 0.25) is 11.8 Å². The summed E-state index contributed by atoms with van der Waals surface area (Å²) in [5, 5.41) is 5.46. The molecule has 0 spiro atoms. The molecule has 3 aromatic rings. The molecule has 1 atom stereocenters. The van der Waals surface area contributed by atoms with E-state index in [4.69, 9.17) is 0 Å². The minimum atomic E-state index is -4.82. The van der Waals surface area contributed by atoms with Gasteiger partial charge in [-0.05, 0) is 100 Å². The molecule has 6 rings (SSSR count). The first-order valence-corrected chi connectivity index (χ1v) is 16.9. The van der Waals surface area contributed by atoms with E-state index >= 15 is 0 Å². The summed E-state index contributed by atoms with van der Waals surface area (Å²) in [6.45, 7) is 7.35. The standard InChI is InChI=1S/C36H43F3N6O4/c1-22-23(2)35(48)43(3)21-29(22)26-4-5-27(31(18-26)49-36(37,38)39)20-44-14-10-24(11-15-44)25-12-16-45(17-13-25)28-6-8-32(40-19-28)41-30-7-9-33(46)42-34(30)47/h4-6,8,18-19,21,24-25,30H,7,9-17,20H2,1-3H3,(H,40,41)(H,42,46,47). The number of anilines is 2. The number of likely N-dealkylation sites (tertiary alicyclic amines) is 1. The second kappa shape index (κ2) is 14.2. The molecule has 262 valence electrons. The SMILES string of the molecule is Cc1c(-c2ccc(CN3CCC(C4CCN(c5ccc(NC6CCC(=O)NC6=O)nc5)CC4)CC3)c(OC(F)(F)F)c2)cn(C)c(=O)c1C. The average Bonchev–Trinajstić information content (AvgIpc) is 3.08. The predicted octanol–water partition coefficient (Wildman–Crippen LogP) is 5.31. The molecule has 2 N–H and O–H groups in total. The molecule has 0 radical (unpaired) electrons. The lowest BCUT2D eigenvalue weighted by molar-refractivity contribution is -0.275. The lowest BCUT2D eigenvalue weighted by Crippen LogP contribution is -2.47. The Morgan fingerprint density at radius 1 is 0.939 bits per heavy atom. The number of nitrogens with zero attached hydrogens (tertiary/aromatic N) is 4. The molecule has 10 nitrogen and oxygen atoms in total. The number of piperidine rings is 3. The van der Waals surface area contributed by atoms with Crippen molar-refractivity contribution in [1.82, 2.24) is 19.8 Å². The fourth-order valence-corrected chi connectivity index (χ4v) is 7.46. The number of rotatable bonds is 8. The fraction of sp³-hybridized carbons (Fsp3) is 0.500. The zero-order valence-corrected chi connectivity index (χ0v) is 28.1. The molecule has 2 aromatic heterocycles. The van der Waals surface area contributed by atoms with E-state index in [1.807, 2.05) is 24.4 Å². The molecular formula is C36H43F3N6O4. The molecule has 3 saturated heterocycles. The number of amides is 2. The van der Waals surface area contributed by atoms with Gasteiger partial charge in [0.1, 0.15) is 17.6 Å². The van der Waals surface area contributed by atoms with E-state index < -0.39 is 12.4 Å². The molecule has 1 unspecified atom stereocenters. The number of halogens is 3. The molecule has 3 aliphatic rings. The van der Waals surface area contributed by atoms with E-state index in [0.29, 0.717) is 59.3 Å². The van der Waals surface area contributed by atoms with E-state index in [1.165, 1.54) is 10.6 Å². The summed E-state index contributed by atoms with van der Waals surface area (Å²) in [5.41, 5.74) is 3.94. The van der Waals surface area contributed by atoms with Crippen LogP contribution in [0.3, 0.4) is 0 Å². The van der Waals surface area contributed by atoms with E-state index in [1.54, 1.807) is 33.2 Å². The maximum absolute atomic E-state index is 13.5. The molecule has 1 aromatic carbocycles. The largest absolute Gasteiger partial charge is 0.573 e.